The highest BCUT2D eigenvalue weighted by atomic mass is 32.2. The van der Waals surface area contributed by atoms with E-state index in [1.165, 1.54) is 17.1 Å². The van der Waals surface area contributed by atoms with Crippen LogP contribution in [0.1, 0.15) is 11.1 Å². The Morgan fingerprint density at radius 1 is 1.06 bits per heavy atom. The maximum atomic E-state index is 11.1. The van der Waals surface area contributed by atoms with Crippen molar-refractivity contribution in [3.63, 3.8) is 0 Å². The fraction of sp³-hybridized carbons (Fsp3) is 0.0476. The minimum absolute atomic E-state index is 0.0668. The highest BCUT2D eigenvalue weighted by Gasteiger charge is 2.16. The molecule has 0 saturated carbocycles. The van der Waals surface area contributed by atoms with Gasteiger partial charge in [-0.2, -0.15) is 18.8 Å². The van der Waals surface area contributed by atoms with Gasteiger partial charge in [-0.15, -0.1) is 0 Å². The van der Waals surface area contributed by atoms with Gasteiger partial charge in [0.25, 0.3) is 0 Å². The fourth-order valence-electron chi connectivity index (χ4n) is 3.00. The summed E-state index contributed by atoms with van der Waals surface area (Å²) in [5, 5.41) is 32.7. The van der Waals surface area contributed by atoms with Crippen molar-refractivity contribution in [3.8, 4) is 22.9 Å². The van der Waals surface area contributed by atoms with Gasteiger partial charge in [0, 0.05) is 18.0 Å². The van der Waals surface area contributed by atoms with Gasteiger partial charge in [0.1, 0.15) is 18.4 Å². The number of benzene rings is 2. The van der Waals surface area contributed by atoms with E-state index in [1.807, 2.05) is 0 Å². The zero-order chi connectivity index (χ0) is 23.1. The van der Waals surface area contributed by atoms with Gasteiger partial charge in [-0.3, -0.25) is 20.8 Å². The number of hydrogen-bond donors (Lipinski definition) is 3. The van der Waals surface area contributed by atoms with E-state index in [2.05, 4.69) is 15.2 Å². The molecule has 1 heterocycles. The molecule has 1 aromatic heterocycles. The summed E-state index contributed by atoms with van der Waals surface area (Å²) in [6, 6.07) is 17.2. The number of nitrogens with zero attached hydrogens (tertiary/aromatic N) is 4. The van der Waals surface area contributed by atoms with Crippen LogP contribution in [0.4, 0.5) is 5.69 Å². The van der Waals surface area contributed by atoms with Crippen LogP contribution in [0, 0.1) is 22.1 Å². The smallest absolute Gasteiger partial charge is 0.371 e. The molecule has 0 aliphatic carbocycles. The molecule has 3 aromatic rings. The number of hydrogen-bond acceptors (Lipinski definition) is 8. The van der Waals surface area contributed by atoms with Crippen molar-refractivity contribution in [1.29, 1.82) is 16.1 Å². The molecule has 10 nitrogen and oxygen atoms in total. The molecule has 0 fully saturated rings. The standard InChI is InChI=1S/C21H19N7O3S/c22-12-18-3-4-19(11-21(18)17-7-9-26-10-8-17)28(27(14-23)15-24)13-16-1-5-20(6-2-16)31-32(25,29)30/h1-11,14-15,23-24H,13H2,(H2,25,29,30). The molecule has 0 atom stereocenters. The zero-order valence-electron chi connectivity index (χ0n) is 16.7. The van der Waals surface area contributed by atoms with Gasteiger partial charge in [0.2, 0.25) is 0 Å². The lowest BCUT2D eigenvalue weighted by molar-refractivity contribution is 0.487. The van der Waals surface area contributed by atoms with Gasteiger partial charge in [0.15, 0.2) is 0 Å². The quantitative estimate of drug-likeness (QED) is 0.257. The minimum atomic E-state index is -4.12. The molecule has 32 heavy (non-hydrogen) atoms. The summed E-state index contributed by atoms with van der Waals surface area (Å²) in [6.45, 7) is 0.238. The Bertz CT molecular complexity index is 1250. The van der Waals surface area contributed by atoms with Gasteiger partial charge in [-0.05, 0) is 53.6 Å². The molecule has 0 unspecified atom stereocenters. The number of nitrogens with two attached hydrogens (primary N) is 1. The summed E-state index contributed by atoms with van der Waals surface area (Å²) in [5.74, 6) is 0.0668. The Hall–Kier alpha value is -4.27. The van der Waals surface area contributed by atoms with Crippen LogP contribution in [0.3, 0.4) is 0 Å². The van der Waals surface area contributed by atoms with Gasteiger partial charge >= 0.3 is 10.3 Å². The molecule has 162 valence electrons. The third kappa shape index (κ3) is 5.45. The molecule has 0 radical (unpaired) electrons. The highest BCUT2D eigenvalue weighted by Crippen LogP contribution is 2.29. The van der Waals surface area contributed by atoms with Gasteiger partial charge in [-0.25, -0.2) is 5.01 Å². The van der Waals surface area contributed by atoms with E-state index in [1.54, 1.807) is 59.9 Å². The second kappa shape index (κ2) is 9.69. The average Bonchev–Trinajstić information content (AvgIpc) is 2.79. The third-order valence-electron chi connectivity index (χ3n) is 4.42. The van der Waals surface area contributed by atoms with Gasteiger partial charge in [-0.1, -0.05) is 12.1 Å². The zero-order valence-corrected chi connectivity index (χ0v) is 17.5. The van der Waals surface area contributed by atoms with Crippen LogP contribution in [0.25, 0.3) is 11.1 Å². The topological polar surface area (TPSA) is 160 Å². The van der Waals surface area contributed by atoms with E-state index < -0.39 is 10.3 Å². The highest BCUT2D eigenvalue weighted by molar-refractivity contribution is 7.84. The maximum Gasteiger partial charge on any atom is 0.380 e. The molecule has 0 bridgehead atoms. The Morgan fingerprint density at radius 3 is 2.28 bits per heavy atom. The van der Waals surface area contributed by atoms with E-state index in [0.717, 1.165) is 23.8 Å². The lowest BCUT2D eigenvalue weighted by Crippen LogP contribution is -2.40. The maximum absolute atomic E-state index is 11.1. The first-order chi connectivity index (χ1) is 15.3. The molecule has 3 rings (SSSR count). The van der Waals surface area contributed by atoms with Crippen molar-refractivity contribution in [2.45, 2.75) is 6.54 Å². The number of anilines is 1. The summed E-state index contributed by atoms with van der Waals surface area (Å²) in [5.41, 5.74) is 3.34. The lowest BCUT2D eigenvalue weighted by Gasteiger charge is -2.32. The first kappa shape index (κ1) is 22.4. The van der Waals surface area contributed by atoms with E-state index in [9.17, 15) is 13.7 Å². The molecular weight excluding hydrogens is 430 g/mol. The van der Waals surface area contributed by atoms with E-state index in [0.29, 0.717) is 16.8 Å². The molecule has 0 aliphatic heterocycles. The van der Waals surface area contributed by atoms with Crippen LogP contribution in [0.5, 0.6) is 5.75 Å². The Morgan fingerprint density at radius 2 is 1.72 bits per heavy atom. The predicted molar refractivity (Wildman–Crippen MR) is 120 cm³/mol. The number of nitriles is 1. The van der Waals surface area contributed by atoms with Crippen LogP contribution >= 0.6 is 0 Å². The third-order valence-corrected chi connectivity index (χ3v) is 4.85. The first-order valence-electron chi connectivity index (χ1n) is 9.17. The minimum Gasteiger partial charge on any atom is -0.371 e. The number of pyridine rings is 1. The molecule has 0 aliphatic rings. The summed E-state index contributed by atoms with van der Waals surface area (Å²) >= 11 is 0. The Kier molecular flexibility index (Phi) is 6.79. The molecule has 2 aromatic carbocycles. The SMILES string of the molecule is N#Cc1ccc(N(Cc2ccc(OS(N)(=O)=O)cc2)N(C=N)C=N)cc1-c1ccncc1. The number of hydrazine groups is 1. The predicted octanol–water partition coefficient (Wildman–Crippen LogP) is 2.64. The van der Waals surface area contributed by atoms with Crippen molar-refractivity contribution < 1.29 is 12.6 Å². The van der Waals surface area contributed by atoms with Gasteiger partial charge < -0.3 is 4.18 Å². The van der Waals surface area contributed by atoms with E-state index in [4.69, 9.17) is 16.0 Å². The fourth-order valence-corrected chi connectivity index (χ4v) is 3.38. The van der Waals surface area contributed by atoms with Crippen molar-refractivity contribution in [2.75, 3.05) is 5.01 Å². The van der Waals surface area contributed by atoms with E-state index >= 15 is 0 Å². The van der Waals surface area contributed by atoms with Crippen molar-refractivity contribution in [2.24, 2.45) is 5.14 Å². The van der Waals surface area contributed by atoms with Gasteiger partial charge in [0.05, 0.1) is 23.9 Å². The van der Waals surface area contributed by atoms with Crippen molar-refractivity contribution >= 4 is 28.7 Å². The van der Waals surface area contributed by atoms with Crippen molar-refractivity contribution in [3.05, 3.63) is 78.1 Å². The van der Waals surface area contributed by atoms with Crippen LogP contribution in [-0.2, 0) is 16.8 Å². The second-order valence-corrected chi connectivity index (χ2v) is 7.65. The largest absolute Gasteiger partial charge is 0.380 e. The average molecular weight is 449 g/mol. The molecule has 0 spiro atoms. The van der Waals surface area contributed by atoms with Crippen LogP contribution in [-0.4, -0.2) is 31.1 Å². The molecule has 4 N–H and O–H groups in total. The number of nitrogens with one attached hydrogen (secondary N) is 2. The number of aromatic nitrogens is 1. The monoisotopic (exact) mass is 449 g/mol. The van der Waals surface area contributed by atoms with Crippen LogP contribution in [0.15, 0.2) is 67.0 Å². The Balaban J connectivity index is 1.99. The molecular formula is C21H19N7O3S. The Labute approximate surface area is 185 Å². The normalized spacial score (nSPS) is 10.6. The molecule has 0 saturated heterocycles. The molecule has 0 amide bonds. The summed E-state index contributed by atoms with van der Waals surface area (Å²) < 4.78 is 26.8. The number of rotatable bonds is 9. The summed E-state index contributed by atoms with van der Waals surface area (Å²) in [4.78, 5) is 4.01. The van der Waals surface area contributed by atoms with Crippen LogP contribution < -0.4 is 14.3 Å². The van der Waals surface area contributed by atoms with Crippen LogP contribution in [0.2, 0.25) is 0 Å². The lowest BCUT2D eigenvalue weighted by atomic mass is 10.0. The molecule has 11 heteroatoms. The van der Waals surface area contributed by atoms with Crippen molar-refractivity contribution in [1.82, 2.24) is 9.99 Å². The van der Waals surface area contributed by atoms with E-state index in [-0.39, 0.29) is 12.3 Å². The summed E-state index contributed by atoms with van der Waals surface area (Å²) in [7, 11) is -4.12. The summed E-state index contributed by atoms with van der Waals surface area (Å²) in [6.07, 6.45) is 5.23. The second-order valence-electron chi connectivity index (χ2n) is 6.49. The first-order valence-corrected chi connectivity index (χ1v) is 10.6.